The molecule has 17 heavy (non-hydrogen) atoms. The van der Waals surface area contributed by atoms with Crippen molar-refractivity contribution in [1.29, 1.82) is 0 Å². The van der Waals surface area contributed by atoms with Crippen LogP contribution in [0.1, 0.15) is 29.6 Å². The second-order valence-corrected chi connectivity index (χ2v) is 6.86. The molecule has 0 aromatic carbocycles. The van der Waals surface area contributed by atoms with Crippen molar-refractivity contribution < 1.29 is 9.59 Å². The van der Waals surface area contributed by atoms with E-state index in [-0.39, 0.29) is 5.91 Å². The van der Waals surface area contributed by atoms with Crippen LogP contribution >= 0.6 is 33.9 Å². The Hall–Kier alpha value is -0.630. The van der Waals surface area contributed by atoms with Crippen LogP contribution < -0.4 is 5.73 Å². The van der Waals surface area contributed by atoms with Crippen molar-refractivity contribution in [3.05, 3.63) is 19.9 Å². The summed E-state index contributed by atoms with van der Waals surface area (Å²) in [5, 5.41) is 1.83. The lowest BCUT2D eigenvalue weighted by Crippen LogP contribution is -2.50. The molecular formula is C11H13IN2O2S. The van der Waals surface area contributed by atoms with Crippen LogP contribution in [0.3, 0.4) is 0 Å². The molecule has 1 saturated heterocycles. The maximum atomic E-state index is 12.2. The minimum atomic E-state index is -0.436. The van der Waals surface area contributed by atoms with Gasteiger partial charge in [-0.05, 0) is 47.9 Å². The fourth-order valence-electron chi connectivity index (χ4n) is 2.06. The molecule has 6 heteroatoms. The summed E-state index contributed by atoms with van der Waals surface area (Å²) in [5.41, 5.74) is 6.01. The Balaban J connectivity index is 2.19. The molecule has 4 nitrogen and oxygen atoms in total. The molecule has 92 valence electrons. The Morgan fingerprint density at radius 1 is 1.47 bits per heavy atom. The number of piperidine rings is 1. The first-order valence-electron chi connectivity index (χ1n) is 5.44. The highest BCUT2D eigenvalue weighted by molar-refractivity contribution is 14.1. The van der Waals surface area contributed by atoms with Crippen molar-refractivity contribution in [1.82, 2.24) is 4.90 Å². The van der Waals surface area contributed by atoms with E-state index in [9.17, 15) is 9.59 Å². The highest BCUT2D eigenvalue weighted by Gasteiger charge is 2.31. The number of likely N-dealkylation sites (tertiary alicyclic amines) is 1. The van der Waals surface area contributed by atoms with Gasteiger partial charge in [-0.2, -0.15) is 0 Å². The molecule has 0 saturated carbocycles. The van der Waals surface area contributed by atoms with Crippen LogP contribution in [0.5, 0.6) is 0 Å². The molecule has 2 rings (SSSR count). The van der Waals surface area contributed by atoms with Gasteiger partial charge in [-0.3, -0.25) is 9.59 Å². The summed E-state index contributed by atoms with van der Waals surface area (Å²) >= 11 is 3.71. The van der Waals surface area contributed by atoms with Crippen molar-refractivity contribution in [2.75, 3.05) is 6.54 Å². The molecule has 0 aliphatic carbocycles. The molecule has 0 spiro atoms. The number of thiophene rings is 1. The van der Waals surface area contributed by atoms with Gasteiger partial charge < -0.3 is 10.6 Å². The molecule has 2 N–H and O–H groups in total. The highest BCUT2D eigenvalue weighted by atomic mass is 127. The molecule has 1 aliphatic heterocycles. The average Bonchev–Trinajstić information content (AvgIpc) is 2.75. The third kappa shape index (κ3) is 2.79. The van der Waals surface area contributed by atoms with Gasteiger partial charge in [-0.1, -0.05) is 0 Å². The van der Waals surface area contributed by atoms with E-state index < -0.39 is 11.9 Å². The van der Waals surface area contributed by atoms with Crippen molar-refractivity contribution in [2.45, 2.75) is 25.3 Å². The maximum absolute atomic E-state index is 12.2. The number of primary amides is 1. The molecule has 1 aromatic heterocycles. The highest BCUT2D eigenvalue weighted by Crippen LogP contribution is 2.23. The van der Waals surface area contributed by atoms with Gasteiger partial charge in [-0.15, -0.1) is 11.3 Å². The van der Waals surface area contributed by atoms with E-state index in [1.165, 1.54) is 11.3 Å². The Kier molecular flexibility index (Phi) is 4.03. The largest absolute Gasteiger partial charge is 0.368 e. The van der Waals surface area contributed by atoms with E-state index in [0.717, 1.165) is 15.7 Å². The van der Waals surface area contributed by atoms with E-state index >= 15 is 0 Å². The van der Waals surface area contributed by atoms with Crippen LogP contribution in [0, 0.1) is 2.88 Å². The van der Waals surface area contributed by atoms with Gasteiger partial charge in [0.2, 0.25) is 5.91 Å². The van der Waals surface area contributed by atoms with Crippen LogP contribution in [0.15, 0.2) is 11.4 Å². The molecular weight excluding hydrogens is 351 g/mol. The monoisotopic (exact) mass is 364 g/mol. The Labute approximate surface area is 117 Å². The van der Waals surface area contributed by atoms with E-state index in [4.69, 9.17) is 5.73 Å². The zero-order valence-electron chi connectivity index (χ0n) is 9.19. The summed E-state index contributed by atoms with van der Waals surface area (Å²) < 4.78 is 1.07. The lowest BCUT2D eigenvalue weighted by Gasteiger charge is -2.33. The summed E-state index contributed by atoms with van der Waals surface area (Å²) in [5.74, 6) is -0.476. The van der Waals surface area contributed by atoms with Gasteiger partial charge in [0.05, 0.1) is 8.45 Å². The van der Waals surface area contributed by atoms with Crippen LogP contribution in [0.4, 0.5) is 0 Å². The molecule has 1 fully saturated rings. The molecule has 2 heterocycles. The first-order chi connectivity index (χ1) is 8.09. The minimum Gasteiger partial charge on any atom is -0.368 e. The number of nitrogens with two attached hydrogens (primary N) is 1. The Bertz CT molecular complexity index is 446. The average molecular weight is 364 g/mol. The second kappa shape index (κ2) is 5.34. The number of carbonyl (C=O) groups is 2. The smallest absolute Gasteiger partial charge is 0.255 e. The summed E-state index contributed by atoms with van der Waals surface area (Å²) in [7, 11) is 0. The number of halogens is 1. The Morgan fingerprint density at radius 2 is 2.24 bits per heavy atom. The molecule has 1 atom stereocenters. The van der Waals surface area contributed by atoms with Gasteiger partial charge in [0, 0.05) is 11.9 Å². The number of hydrogen-bond donors (Lipinski definition) is 1. The summed E-state index contributed by atoms with van der Waals surface area (Å²) in [6.45, 7) is 0.624. The van der Waals surface area contributed by atoms with Gasteiger partial charge >= 0.3 is 0 Å². The minimum absolute atomic E-state index is 0.0762. The van der Waals surface area contributed by atoms with Crippen LogP contribution in [-0.2, 0) is 4.79 Å². The summed E-state index contributed by atoms with van der Waals surface area (Å²) in [4.78, 5) is 25.2. The van der Waals surface area contributed by atoms with Crippen molar-refractivity contribution in [3.63, 3.8) is 0 Å². The molecule has 0 bridgehead atoms. The fraction of sp³-hybridized carbons (Fsp3) is 0.455. The number of hydrogen-bond acceptors (Lipinski definition) is 3. The van der Waals surface area contributed by atoms with Crippen LogP contribution in [0.25, 0.3) is 0 Å². The lowest BCUT2D eigenvalue weighted by molar-refractivity contribution is -0.123. The van der Waals surface area contributed by atoms with Gasteiger partial charge in [0.1, 0.15) is 6.04 Å². The number of nitrogens with zero attached hydrogens (tertiary/aromatic N) is 1. The topological polar surface area (TPSA) is 63.4 Å². The fourth-order valence-corrected chi connectivity index (χ4v) is 3.38. The third-order valence-electron chi connectivity index (χ3n) is 2.91. The molecule has 2 amide bonds. The third-order valence-corrected chi connectivity index (χ3v) is 4.70. The summed E-state index contributed by atoms with van der Waals surface area (Å²) in [6, 6.07) is 1.41. The first kappa shape index (κ1) is 12.8. The normalized spacial score (nSPS) is 20.3. The van der Waals surface area contributed by atoms with Crippen molar-refractivity contribution >= 4 is 45.7 Å². The van der Waals surface area contributed by atoms with Crippen LogP contribution in [0.2, 0.25) is 0 Å². The molecule has 1 aliphatic rings. The van der Waals surface area contributed by atoms with Gasteiger partial charge in [0.25, 0.3) is 5.91 Å². The SMILES string of the molecule is NC(=O)C1CCCCN1C(=O)c1csc(I)c1. The molecule has 0 radical (unpaired) electrons. The first-order valence-corrected chi connectivity index (χ1v) is 7.40. The summed E-state index contributed by atoms with van der Waals surface area (Å²) in [6.07, 6.45) is 2.58. The van der Waals surface area contributed by atoms with Gasteiger partial charge in [-0.25, -0.2) is 0 Å². The zero-order valence-corrected chi connectivity index (χ0v) is 12.2. The Morgan fingerprint density at radius 3 is 2.82 bits per heavy atom. The van der Waals surface area contributed by atoms with E-state index in [1.807, 2.05) is 11.4 Å². The zero-order chi connectivity index (χ0) is 12.4. The number of carbonyl (C=O) groups excluding carboxylic acids is 2. The second-order valence-electron chi connectivity index (χ2n) is 4.05. The predicted molar refractivity (Wildman–Crippen MR) is 74.9 cm³/mol. The molecule has 1 unspecified atom stereocenters. The maximum Gasteiger partial charge on any atom is 0.255 e. The van der Waals surface area contributed by atoms with E-state index in [2.05, 4.69) is 22.6 Å². The molecule has 1 aromatic rings. The van der Waals surface area contributed by atoms with E-state index in [1.54, 1.807) is 4.90 Å². The van der Waals surface area contributed by atoms with Gasteiger partial charge in [0.15, 0.2) is 0 Å². The van der Waals surface area contributed by atoms with Crippen molar-refractivity contribution in [2.24, 2.45) is 5.73 Å². The standard InChI is InChI=1S/C11H13IN2O2S/c12-9-5-7(6-17-9)11(16)14-4-2-1-3-8(14)10(13)15/h5-6,8H,1-4H2,(H2,13,15). The van der Waals surface area contributed by atoms with E-state index in [0.29, 0.717) is 18.5 Å². The van der Waals surface area contributed by atoms with Crippen LogP contribution in [-0.4, -0.2) is 29.3 Å². The number of amides is 2. The lowest BCUT2D eigenvalue weighted by atomic mass is 10.0. The quantitative estimate of drug-likeness (QED) is 0.814. The van der Waals surface area contributed by atoms with Crippen molar-refractivity contribution in [3.8, 4) is 0 Å². The number of rotatable bonds is 2. The predicted octanol–water partition coefficient (Wildman–Crippen LogP) is 1.83.